The van der Waals surface area contributed by atoms with Gasteiger partial charge in [-0.25, -0.2) is 0 Å². The predicted octanol–water partition coefficient (Wildman–Crippen LogP) is 2.46. The van der Waals surface area contributed by atoms with Crippen LogP contribution in [0.4, 0.5) is 5.69 Å². The molecule has 0 spiro atoms. The van der Waals surface area contributed by atoms with Crippen LogP contribution in [0.5, 0.6) is 0 Å². The number of anilines is 1. The van der Waals surface area contributed by atoms with Crippen LogP contribution in [0.2, 0.25) is 0 Å². The van der Waals surface area contributed by atoms with E-state index in [9.17, 15) is 4.79 Å². The molecule has 1 fully saturated rings. The van der Waals surface area contributed by atoms with E-state index in [1.807, 2.05) is 25.1 Å². The Morgan fingerprint density at radius 2 is 2.21 bits per heavy atom. The summed E-state index contributed by atoms with van der Waals surface area (Å²) >= 11 is 3.40. The van der Waals surface area contributed by atoms with E-state index in [-0.39, 0.29) is 18.6 Å². The highest BCUT2D eigenvalue weighted by Crippen LogP contribution is 2.20. The Bertz CT molecular complexity index is 445. The molecule has 4 nitrogen and oxygen atoms in total. The van der Waals surface area contributed by atoms with Crippen molar-refractivity contribution in [1.29, 1.82) is 0 Å². The van der Waals surface area contributed by atoms with Crippen LogP contribution in [0.15, 0.2) is 22.7 Å². The quantitative estimate of drug-likeness (QED) is 0.893. The second-order valence-corrected chi connectivity index (χ2v) is 5.68. The molecule has 0 atom stereocenters. The van der Waals surface area contributed by atoms with E-state index in [0.717, 1.165) is 41.7 Å². The average molecular weight is 327 g/mol. The molecule has 5 heteroatoms. The number of piperidine rings is 1. The Morgan fingerprint density at radius 1 is 1.47 bits per heavy atom. The van der Waals surface area contributed by atoms with Crippen LogP contribution in [0.25, 0.3) is 0 Å². The van der Waals surface area contributed by atoms with E-state index in [0.29, 0.717) is 0 Å². The molecule has 0 unspecified atom stereocenters. The van der Waals surface area contributed by atoms with Crippen LogP contribution in [0, 0.1) is 6.92 Å². The molecule has 1 aromatic rings. The number of benzene rings is 1. The van der Waals surface area contributed by atoms with Gasteiger partial charge in [0, 0.05) is 10.2 Å². The van der Waals surface area contributed by atoms with Crippen molar-refractivity contribution in [3.63, 3.8) is 0 Å². The van der Waals surface area contributed by atoms with Gasteiger partial charge in [-0.05, 0) is 50.6 Å². The maximum atomic E-state index is 11.9. The van der Waals surface area contributed by atoms with Gasteiger partial charge >= 0.3 is 0 Å². The Hall–Kier alpha value is -0.910. The number of ether oxygens (including phenoxy) is 1. The molecule has 2 rings (SSSR count). The molecule has 1 amide bonds. The minimum Gasteiger partial charge on any atom is -0.368 e. The van der Waals surface area contributed by atoms with E-state index < -0.39 is 0 Å². The summed E-state index contributed by atoms with van der Waals surface area (Å²) in [6, 6.07) is 5.82. The summed E-state index contributed by atoms with van der Waals surface area (Å²) in [5, 5.41) is 6.15. The third-order valence-electron chi connectivity index (χ3n) is 3.21. The highest BCUT2D eigenvalue weighted by Gasteiger charge is 2.15. The van der Waals surface area contributed by atoms with Gasteiger partial charge in [-0.2, -0.15) is 0 Å². The zero-order valence-corrected chi connectivity index (χ0v) is 12.6. The number of hydrogen-bond donors (Lipinski definition) is 2. The van der Waals surface area contributed by atoms with Crippen LogP contribution < -0.4 is 10.6 Å². The fourth-order valence-corrected chi connectivity index (χ4v) is 2.43. The Kier molecular flexibility index (Phi) is 5.36. The second-order valence-electron chi connectivity index (χ2n) is 4.77. The number of halogens is 1. The van der Waals surface area contributed by atoms with Crippen LogP contribution in [0.3, 0.4) is 0 Å². The van der Waals surface area contributed by atoms with Crippen molar-refractivity contribution in [2.75, 3.05) is 25.0 Å². The van der Waals surface area contributed by atoms with Crippen molar-refractivity contribution in [1.82, 2.24) is 5.32 Å². The molecule has 104 valence electrons. The van der Waals surface area contributed by atoms with E-state index in [4.69, 9.17) is 4.74 Å². The van der Waals surface area contributed by atoms with Crippen molar-refractivity contribution >= 4 is 27.5 Å². The molecule has 19 heavy (non-hydrogen) atoms. The summed E-state index contributed by atoms with van der Waals surface area (Å²) in [6.07, 6.45) is 2.16. The van der Waals surface area contributed by atoms with Gasteiger partial charge in [0.25, 0.3) is 0 Å². The van der Waals surface area contributed by atoms with Gasteiger partial charge < -0.3 is 15.4 Å². The van der Waals surface area contributed by atoms with E-state index in [2.05, 4.69) is 26.6 Å². The SMILES string of the molecule is Cc1ccc(Br)cc1NC(=O)COC1CCNCC1. The lowest BCUT2D eigenvalue weighted by molar-refractivity contribution is -0.123. The molecule has 0 radical (unpaired) electrons. The largest absolute Gasteiger partial charge is 0.368 e. The topological polar surface area (TPSA) is 50.4 Å². The summed E-state index contributed by atoms with van der Waals surface area (Å²) in [5.74, 6) is -0.0975. The monoisotopic (exact) mass is 326 g/mol. The number of carbonyl (C=O) groups excluding carboxylic acids is 1. The summed E-state index contributed by atoms with van der Waals surface area (Å²) in [7, 11) is 0. The zero-order valence-electron chi connectivity index (χ0n) is 11.0. The first-order valence-corrected chi connectivity index (χ1v) is 7.33. The van der Waals surface area contributed by atoms with Gasteiger partial charge in [0.15, 0.2) is 0 Å². The van der Waals surface area contributed by atoms with Crippen molar-refractivity contribution in [3.8, 4) is 0 Å². The third-order valence-corrected chi connectivity index (χ3v) is 3.70. The minimum atomic E-state index is -0.0975. The molecule has 0 saturated carbocycles. The molecule has 0 aliphatic carbocycles. The van der Waals surface area contributed by atoms with Gasteiger partial charge in [0.1, 0.15) is 6.61 Å². The average Bonchev–Trinajstić information content (AvgIpc) is 2.42. The van der Waals surface area contributed by atoms with Crippen molar-refractivity contribution in [2.24, 2.45) is 0 Å². The van der Waals surface area contributed by atoms with Gasteiger partial charge in [-0.3, -0.25) is 4.79 Å². The molecular formula is C14H19BrN2O2. The normalized spacial score (nSPS) is 16.3. The molecule has 0 bridgehead atoms. The number of nitrogens with one attached hydrogen (secondary N) is 2. The Balaban J connectivity index is 1.81. The van der Waals surface area contributed by atoms with Crippen LogP contribution >= 0.6 is 15.9 Å². The highest BCUT2D eigenvalue weighted by molar-refractivity contribution is 9.10. The highest BCUT2D eigenvalue weighted by atomic mass is 79.9. The fourth-order valence-electron chi connectivity index (χ4n) is 2.07. The molecule has 1 heterocycles. The number of amides is 1. The van der Waals surface area contributed by atoms with Gasteiger partial charge in [0.2, 0.25) is 5.91 Å². The zero-order chi connectivity index (χ0) is 13.7. The van der Waals surface area contributed by atoms with Crippen LogP contribution in [-0.4, -0.2) is 31.7 Å². The van der Waals surface area contributed by atoms with Gasteiger partial charge in [0.05, 0.1) is 6.10 Å². The first kappa shape index (κ1) is 14.5. The molecule has 0 aromatic heterocycles. The summed E-state index contributed by atoms with van der Waals surface area (Å²) in [6.45, 7) is 4.03. The van der Waals surface area contributed by atoms with Gasteiger partial charge in [-0.1, -0.05) is 22.0 Å². The Morgan fingerprint density at radius 3 is 2.95 bits per heavy atom. The van der Waals surface area contributed by atoms with Crippen molar-refractivity contribution in [3.05, 3.63) is 28.2 Å². The summed E-state index contributed by atoms with van der Waals surface area (Å²) < 4.78 is 6.57. The molecule has 2 N–H and O–H groups in total. The maximum absolute atomic E-state index is 11.9. The molecule has 1 saturated heterocycles. The van der Waals surface area contributed by atoms with Crippen LogP contribution in [0.1, 0.15) is 18.4 Å². The first-order valence-electron chi connectivity index (χ1n) is 6.53. The number of aryl methyl sites for hydroxylation is 1. The summed E-state index contributed by atoms with van der Waals surface area (Å²) in [5.41, 5.74) is 1.87. The lowest BCUT2D eigenvalue weighted by atomic mass is 10.1. The molecule has 1 aliphatic heterocycles. The third kappa shape index (κ3) is 4.60. The van der Waals surface area contributed by atoms with Crippen LogP contribution in [-0.2, 0) is 9.53 Å². The minimum absolute atomic E-state index is 0.0975. The fraction of sp³-hybridized carbons (Fsp3) is 0.500. The van der Waals surface area contributed by atoms with Crippen molar-refractivity contribution < 1.29 is 9.53 Å². The number of carbonyl (C=O) groups is 1. The maximum Gasteiger partial charge on any atom is 0.250 e. The lowest BCUT2D eigenvalue weighted by Gasteiger charge is -2.22. The molecule has 1 aromatic carbocycles. The van der Waals surface area contributed by atoms with Gasteiger partial charge in [-0.15, -0.1) is 0 Å². The van der Waals surface area contributed by atoms with Crippen molar-refractivity contribution in [2.45, 2.75) is 25.9 Å². The summed E-state index contributed by atoms with van der Waals surface area (Å²) in [4.78, 5) is 11.9. The van der Waals surface area contributed by atoms with E-state index in [1.165, 1.54) is 0 Å². The predicted molar refractivity (Wildman–Crippen MR) is 79.4 cm³/mol. The molecular weight excluding hydrogens is 308 g/mol. The second kappa shape index (κ2) is 7.03. The number of rotatable bonds is 4. The first-order chi connectivity index (χ1) is 9.15. The number of hydrogen-bond acceptors (Lipinski definition) is 3. The lowest BCUT2D eigenvalue weighted by Crippen LogP contribution is -2.34. The standard InChI is InChI=1S/C14H19BrN2O2/c1-10-2-3-11(15)8-13(10)17-14(18)9-19-12-4-6-16-7-5-12/h2-3,8,12,16H,4-7,9H2,1H3,(H,17,18). The smallest absolute Gasteiger partial charge is 0.250 e. The van der Waals surface area contributed by atoms with E-state index >= 15 is 0 Å². The Labute approximate surface area is 122 Å². The van der Waals surface area contributed by atoms with E-state index in [1.54, 1.807) is 0 Å². The molecule has 1 aliphatic rings.